The highest BCUT2D eigenvalue weighted by molar-refractivity contribution is 7.90. The summed E-state index contributed by atoms with van der Waals surface area (Å²) in [5, 5.41) is 2.66. The second-order valence-electron chi connectivity index (χ2n) is 9.32. The minimum absolute atomic E-state index is 0.00473. The van der Waals surface area contributed by atoms with Crippen LogP contribution in [-0.4, -0.2) is 30.1 Å². The summed E-state index contributed by atoms with van der Waals surface area (Å²) >= 11 is 0. The Kier molecular flexibility index (Phi) is 8.24. The lowest BCUT2D eigenvalue weighted by Crippen LogP contribution is -2.34. The number of amides is 1. The van der Waals surface area contributed by atoms with E-state index in [4.69, 9.17) is 0 Å². The molecule has 0 unspecified atom stereocenters. The number of carbonyl (C=O) groups is 1. The number of nitrogens with one attached hydrogen (secondary N) is 1. The smallest absolute Gasteiger partial charge is 0.348 e. The lowest BCUT2D eigenvalue weighted by atomic mass is 10.0. The van der Waals surface area contributed by atoms with Crippen molar-refractivity contribution in [1.29, 1.82) is 0 Å². The molecule has 11 heteroatoms. The Morgan fingerprint density at radius 2 is 1.70 bits per heavy atom. The highest BCUT2D eigenvalue weighted by Crippen LogP contribution is 2.30. The van der Waals surface area contributed by atoms with Crippen molar-refractivity contribution in [2.75, 3.05) is 6.26 Å². The first-order valence-electron chi connectivity index (χ1n) is 12.2. The van der Waals surface area contributed by atoms with Crippen molar-refractivity contribution in [1.82, 2.24) is 14.9 Å². The first kappa shape index (κ1) is 28.8. The van der Waals surface area contributed by atoms with Gasteiger partial charge >= 0.3 is 6.18 Å². The molecule has 0 bridgehead atoms. The molecule has 0 atom stereocenters. The van der Waals surface area contributed by atoms with Gasteiger partial charge in [-0.15, -0.1) is 0 Å². The van der Waals surface area contributed by atoms with E-state index in [9.17, 15) is 31.2 Å². The number of hydrogen-bond donors (Lipinski definition) is 1. The molecular formula is C29H26F3N3O4S. The molecule has 1 N–H and O–H groups in total. The van der Waals surface area contributed by atoms with Crippen molar-refractivity contribution < 1.29 is 26.4 Å². The molecule has 4 rings (SSSR count). The number of hydrogen-bond acceptors (Lipinski definition) is 5. The summed E-state index contributed by atoms with van der Waals surface area (Å²) in [5.74, 6) is -0.708. The SMILES string of the molecule is Cc1c(CCc2cccnc2)cc(C(=O)NCc2ccc(S(C)(=O)=O)cc2)c(=O)n1-c1cccc(C(F)(F)F)c1. The fourth-order valence-electron chi connectivity index (χ4n) is 4.26. The molecule has 0 aliphatic carbocycles. The number of alkyl halides is 3. The third-order valence-electron chi connectivity index (χ3n) is 6.44. The van der Waals surface area contributed by atoms with Gasteiger partial charge < -0.3 is 5.32 Å². The maximum atomic E-state index is 13.5. The number of sulfone groups is 1. The van der Waals surface area contributed by atoms with Crippen molar-refractivity contribution in [3.05, 3.63) is 123 Å². The summed E-state index contributed by atoms with van der Waals surface area (Å²) in [7, 11) is -3.38. The summed E-state index contributed by atoms with van der Waals surface area (Å²) in [4.78, 5) is 30.9. The van der Waals surface area contributed by atoms with Gasteiger partial charge in [0.05, 0.1) is 10.5 Å². The van der Waals surface area contributed by atoms with E-state index >= 15 is 0 Å². The number of carbonyl (C=O) groups excluding carboxylic acids is 1. The largest absolute Gasteiger partial charge is 0.416 e. The van der Waals surface area contributed by atoms with Crippen molar-refractivity contribution in [2.45, 2.75) is 37.4 Å². The zero-order valence-corrected chi connectivity index (χ0v) is 22.5. The second-order valence-corrected chi connectivity index (χ2v) is 11.3. The molecule has 0 saturated heterocycles. The van der Waals surface area contributed by atoms with Gasteiger partial charge in [0.25, 0.3) is 11.5 Å². The first-order valence-corrected chi connectivity index (χ1v) is 14.1. The van der Waals surface area contributed by atoms with Gasteiger partial charge in [-0.2, -0.15) is 13.2 Å². The van der Waals surface area contributed by atoms with Crippen LogP contribution in [0.15, 0.2) is 88.8 Å². The van der Waals surface area contributed by atoms with E-state index in [1.54, 1.807) is 37.5 Å². The molecule has 0 aliphatic heterocycles. The van der Waals surface area contributed by atoms with Gasteiger partial charge in [-0.3, -0.25) is 19.1 Å². The first-order chi connectivity index (χ1) is 18.8. The molecule has 0 fully saturated rings. The van der Waals surface area contributed by atoms with E-state index < -0.39 is 33.0 Å². The summed E-state index contributed by atoms with van der Waals surface area (Å²) < 4.78 is 64.8. The highest BCUT2D eigenvalue weighted by atomic mass is 32.2. The third kappa shape index (κ3) is 6.66. The summed E-state index contributed by atoms with van der Waals surface area (Å²) in [6.07, 6.45) is 0.745. The molecule has 208 valence electrons. The maximum absolute atomic E-state index is 13.5. The number of rotatable bonds is 8. The molecule has 0 radical (unpaired) electrons. The molecule has 40 heavy (non-hydrogen) atoms. The average Bonchev–Trinajstić information content (AvgIpc) is 2.91. The Bertz CT molecular complexity index is 1700. The molecular weight excluding hydrogens is 543 g/mol. The maximum Gasteiger partial charge on any atom is 0.416 e. The molecule has 0 spiro atoms. The van der Waals surface area contributed by atoms with Gasteiger partial charge in [-0.1, -0.05) is 24.3 Å². The van der Waals surface area contributed by atoms with E-state index in [1.807, 2.05) is 6.07 Å². The number of benzene rings is 2. The van der Waals surface area contributed by atoms with Gasteiger partial charge in [0.1, 0.15) is 5.56 Å². The van der Waals surface area contributed by atoms with E-state index in [0.717, 1.165) is 28.5 Å². The van der Waals surface area contributed by atoms with Crippen molar-refractivity contribution in [3.63, 3.8) is 0 Å². The topological polar surface area (TPSA) is 98.1 Å². The van der Waals surface area contributed by atoms with E-state index in [-0.39, 0.29) is 22.7 Å². The van der Waals surface area contributed by atoms with Crippen LogP contribution in [0, 0.1) is 6.92 Å². The Morgan fingerprint density at radius 1 is 0.975 bits per heavy atom. The lowest BCUT2D eigenvalue weighted by Gasteiger charge is -2.18. The average molecular weight is 570 g/mol. The molecule has 0 saturated carbocycles. The Morgan fingerprint density at radius 3 is 2.33 bits per heavy atom. The summed E-state index contributed by atoms with van der Waals surface area (Å²) in [5.41, 5.74) is 0.644. The van der Waals surface area contributed by atoms with Crippen molar-refractivity contribution >= 4 is 15.7 Å². The molecule has 4 aromatic rings. The Labute approximate surface area is 229 Å². The molecule has 1 amide bonds. The van der Waals surface area contributed by atoms with E-state index in [2.05, 4.69) is 10.3 Å². The van der Waals surface area contributed by atoms with Gasteiger partial charge in [0.15, 0.2) is 9.84 Å². The zero-order valence-electron chi connectivity index (χ0n) is 21.7. The highest BCUT2D eigenvalue weighted by Gasteiger charge is 2.31. The number of halogens is 3. The molecule has 2 heterocycles. The standard InChI is InChI=1S/C29H26F3N3O4S/c1-19-22(11-8-20-5-4-14-33-17-20)15-26(27(36)34-18-21-9-12-25(13-10-21)40(2,38)39)28(37)35(19)24-7-3-6-23(16-24)29(30,31)32/h3-7,9-10,12-17H,8,11,18H2,1-2H3,(H,34,36). The predicted octanol–water partition coefficient (Wildman–Crippen LogP) is 4.68. The van der Waals surface area contributed by atoms with Crippen molar-refractivity contribution in [2.24, 2.45) is 0 Å². The van der Waals surface area contributed by atoms with E-state index in [1.165, 1.54) is 30.3 Å². The lowest BCUT2D eigenvalue weighted by molar-refractivity contribution is -0.137. The van der Waals surface area contributed by atoms with Crippen molar-refractivity contribution in [3.8, 4) is 5.69 Å². The fourth-order valence-corrected chi connectivity index (χ4v) is 4.89. The normalized spacial score (nSPS) is 11.8. The zero-order chi connectivity index (χ0) is 29.1. The second kappa shape index (κ2) is 11.5. The van der Waals surface area contributed by atoms with Crippen LogP contribution in [0.1, 0.15) is 38.3 Å². The summed E-state index contributed by atoms with van der Waals surface area (Å²) in [6.45, 7) is 1.63. The van der Waals surface area contributed by atoms with E-state index in [0.29, 0.717) is 29.7 Å². The monoisotopic (exact) mass is 569 g/mol. The number of pyridine rings is 2. The van der Waals surface area contributed by atoms with Gasteiger partial charge in [-0.05, 0) is 78.9 Å². The number of aryl methyl sites for hydroxylation is 2. The van der Waals surface area contributed by atoms with Gasteiger partial charge in [0, 0.05) is 36.6 Å². The molecule has 7 nitrogen and oxygen atoms in total. The van der Waals surface area contributed by atoms with Crippen LogP contribution in [0.3, 0.4) is 0 Å². The van der Waals surface area contributed by atoms with Gasteiger partial charge in [0.2, 0.25) is 0 Å². The van der Waals surface area contributed by atoms with Crippen LogP contribution in [0.2, 0.25) is 0 Å². The minimum Gasteiger partial charge on any atom is -0.348 e. The third-order valence-corrected chi connectivity index (χ3v) is 7.57. The van der Waals surface area contributed by atoms with Crippen LogP contribution in [-0.2, 0) is 35.4 Å². The van der Waals surface area contributed by atoms with Gasteiger partial charge in [-0.25, -0.2) is 8.42 Å². The molecule has 2 aromatic carbocycles. The molecule has 0 aliphatic rings. The summed E-state index contributed by atoms with van der Waals surface area (Å²) in [6, 6.07) is 15.5. The minimum atomic E-state index is -4.61. The van der Waals surface area contributed by atoms with Crippen LogP contribution in [0.5, 0.6) is 0 Å². The Hall–Kier alpha value is -4.25. The van der Waals surface area contributed by atoms with Crippen LogP contribution >= 0.6 is 0 Å². The van der Waals surface area contributed by atoms with Crippen LogP contribution in [0.25, 0.3) is 5.69 Å². The molecule has 2 aromatic heterocycles. The fraction of sp³-hybridized carbons (Fsp3) is 0.207. The van der Waals surface area contributed by atoms with Crippen LogP contribution < -0.4 is 10.9 Å². The predicted molar refractivity (Wildman–Crippen MR) is 144 cm³/mol. The quantitative estimate of drug-likeness (QED) is 0.332. The Balaban J connectivity index is 1.71. The van der Waals surface area contributed by atoms with Crippen LogP contribution in [0.4, 0.5) is 13.2 Å². The number of aromatic nitrogens is 2. The number of nitrogens with zero attached hydrogens (tertiary/aromatic N) is 2.